The van der Waals surface area contributed by atoms with E-state index in [1.165, 1.54) is 19.3 Å². The summed E-state index contributed by atoms with van der Waals surface area (Å²) in [5, 5.41) is 0. The van der Waals surface area contributed by atoms with Crippen molar-refractivity contribution in [3.05, 3.63) is 0 Å². The van der Waals surface area contributed by atoms with Gasteiger partial charge in [-0.1, -0.05) is 40.5 Å². The standard InChI is InChI=1S/C13H23NO/c1-12(2,3)13(4)8-6-5-7-11(9-13)14-10-15/h11H,5-9H2,1-4H3. The Balaban J connectivity index is 2.84. The van der Waals surface area contributed by atoms with Gasteiger partial charge in [-0.15, -0.1) is 0 Å². The molecule has 0 bridgehead atoms. The molecule has 0 aromatic carbocycles. The van der Waals surface area contributed by atoms with Crippen molar-refractivity contribution >= 4 is 6.08 Å². The van der Waals surface area contributed by atoms with Crippen LogP contribution in [0.25, 0.3) is 0 Å². The van der Waals surface area contributed by atoms with Gasteiger partial charge in [0, 0.05) is 0 Å². The number of rotatable bonds is 1. The lowest BCUT2D eigenvalue weighted by molar-refractivity contribution is 0.0829. The Morgan fingerprint density at radius 2 is 2.00 bits per heavy atom. The smallest absolute Gasteiger partial charge is 0.211 e. The first-order valence-electron chi connectivity index (χ1n) is 5.96. The highest BCUT2D eigenvalue weighted by Gasteiger charge is 2.39. The van der Waals surface area contributed by atoms with Crippen LogP contribution >= 0.6 is 0 Å². The van der Waals surface area contributed by atoms with Crippen LogP contribution in [0.3, 0.4) is 0 Å². The van der Waals surface area contributed by atoms with E-state index in [1.54, 1.807) is 6.08 Å². The average molecular weight is 209 g/mol. The molecule has 0 saturated heterocycles. The maximum atomic E-state index is 10.4. The van der Waals surface area contributed by atoms with Crippen LogP contribution in [0, 0.1) is 10.8 Å². The van der Waals surface area contributed by atoms with Crippen LogP contribution < -0.4 is 0 Å². The van der Waals surface area contributed by atoms with E-state index >= 15 is 0 Å². The van der Waals surface area contributed by atoms with Crippen LogP contribution in [0.2, 0.25) is 0 Å². The fourth-order valence-electron chi connectivity index (χ4n) is 2.49. The first-order valence-corrected chi connectivity index (χ1v) is 5.96. The molecule has 0 amide bonds. The second-order valence-corrected chi connectivity index (χ2v) is 6.13. The molecular formula is C13H23NO. The highest BCUT2D eigenvalue weighted by Crippen LogP contribution is 2.48. The third-order valence-corrected chi connectivity index (χ3v) is 4.25. The Kier molecular flexibility index (Phi) is 3.72. The molecule has 1 aliphatic rings. The van der Waals surface area contributed by atoms with Gasteiger partial charge in [-0.25, -0.2) is 9.79 Å². The monoisotopic (exact) mass is 209 g/mol. The van der Waals surface area contributed by atoms with Gasteiger partial charge in [-0.3, -0.25) is 0 Å². The lowest BCUT2D eigenvalue weighted by atomic mass is 9.63. The fourth-order valence-corrected chi connectivity index (χ4v) is 2.49. The van der Waals surface area contributed by atoms with Crippen molar-refractivity contribution in [2.24, 2.45) is 15.8 Å². The molecule has 0 heterocycles. The summed E-state index contributed by atoms with van der Waals surface area (Å²) in [6.07, 6.45) is 7.53. The van der Waals surface area contributed by atoms with Crippen molar-refractivity contribution in [2.45, 2.75) is 65.8 Å². The van der Waals surface area contributed by atoms with Gasteiger partial charge in [0.15, 0.2) is 0 Å². The van der Waals surface area contributed by atoms with E-state index in [1.807, 2.05) is 0 Å². The molecule has 0 aliphatic heterocycles. The Morgan fingerprint density at radius 1 is 1.33 bits per heavy atom. The van der Waals surface area contributed by atoms with E-state index in [4.69, 9.17) is 0 Å². The number of aliphatic imine (C=N–C) groups is 1. The summed E-state index contributed by atoms with van der Waals surface area (Å²) in [5.74, 6) is 0. The molecule has 1 saturated carbocycles. The second-order valence-electron chi connectivity index (χ2n) is 6.13. The molecule has 2 unspecified atom stereocenters. The Morgan fingerprint density at radius 3 is 2.53 bits per heavy atom. The van der Waals surface area contributed by atoms with Gasteiger partial charge in [0.1, 0.15) is 0 Å². The van der Waals surface area contributed by atoms with Crippen LogP contribution in [-0.2, 0) is 4.79 Å². The zero-order chi connectivity index (χ0) is 11.5. The zero-order valence-electron chi connectivity index (χ0n) is 10.5. The summed E-state index contributed by atoms with van der Waals surface area (Å²) in [7, 11) is 0. The summed E-state index contributed by atoms with van der Waals surface area (Å²) in [6.45, 7) is 9.21. The molecule has 0 radical (unpaired) electrons. The lowest BCUT2D eigenvalue weighted by Crippen LogP contribution is -2.34. The van der Waals surface area contributed by atoms with Crippen molar-refractivity contribution < 1.29 is 4.79 Å². The van der Waals surface area contributed by atoms with E-state index in [9.17, 15) is 4.79 Å². The number of hydrogen-bond donors (Lipinski definition) is 0. The fraction of sp³-hybridized carbons (Fsp3) is 0.923. The minimum absolute atomic E-state index is 0.203. The molecule has 0 spiro atoms. The molecule has 1 fully saturated rings. The predicted octanol–water partition coefficient (Wildman–Crippen LogP) is 3.71. The largest absolute Gasteiger partial charge is 0.235 e. The van der Waals surface area contributed by atoms with E-state index in [2.05, 4.69) is 32.7 Å². The van der Waals surface area contributed by atoms with Gasteiger partial charge in [0.2, 0.25) is 6.08 Å². The van der Waals surface area contributed by atoms with Crippen LogP contribution in [0.5, 0.6) is 0 Å². The minimum atomic E-state index is 0.203. The van der Waals surface area contributed by atoms with Crippen molar-refractivity contribution in [2.75, 3.05) is 0 Å². The molecule has 0 N–H and O–H groups in total. The number of carbonyl (C=O) groups excluding carboxylic acids is 1. The molecule has 15 heavy (non-hydrogen) atoms. The normalized spacial score (nSPS) is 32.9. The summed E-state index contributed by atoms with van der Waals surface area (Å²) in [5.41, 5.74) is 0.586. The molecule has 0 aromatic rings. The number of isocyanates is 1. The Labute approximate surface area is 93.2 Å². The Bertz CT molecular complexity index is 260. The van der Waals surface area contributed by atoms with Gasteiger partial charge >= 0.3 is 0 Å². The third kappa shape index (κ3) is 2.92. The first kappa shape index (κ1) is 12.4. The number of nitrogens with zero attached hydrogens (tertiary/aromatic N) is 1. The summed E-state index contributed by atoms with van der Waals surface area (Å²) >= 11 is 0. The highest BCUT2D eigenvalue weighted by atomic mass is 16.1. The van der Waals surface area contributed by atoms with Crippen LogP contribution in [-0.4, -0.2) is 12.1 Å². The molecule has 2 nitrogen and oxygen atoms in total. The summed E-state index contributed by atoms with van der Waals surface area (Å²) < 4.78 is 0. The molecule has 2 heteroatoms. The second kappa shape index (κ2) is 4.49. The van der Waals surface area contributed by atoms with Crippen molar-refractivity contribution in [1.82, 2.24) is 0 Å². The average Bonchev–Trinajstić information content (AvgIpc) is 2.28. The maximum absolute atomic E-state index is 10.4. The minimum Gasteiger partial charge on any atom is -0.211 e. The van der Waals surface area contributed by atoms with Crippen LogP contribution in [0.1, 0.15) is 59.8 Å². The lowest BCUT2D eigenvalue weighted by Gasteiger charge is -2.42. The highest BCUT2D eigenvalue weighted by molar-refractivity contribution is 5.33. The predicted molar refractivity (Wildman–Crippen MR) is 62.6 cm³/mol. The van der Waals surface area contributed by atoms with Crippen molar-refractivity contribution in [3.63, 3.8) is 0 Å². The van der Waals surface area contributed by atoms with Gasteiger partial charge in [-0.05, 0) is 30.1 Å². The van der Waals surface area contributed by atoms with Gasteiger partial charge in [-0.2, -0.15) is 0 Å². The molecule has 2 atom stereocenters. The maximum Gasteiger partial charge on any atom is 0.235 e. The first-order chi connectivity index (χ1) is 6.89. The molecule has 86 valence electrons. The SMILES string of the molecule is CC(C)(C)C1(C)CCCCC(N=C=O)C1. The zero-order valence-corrected chi connectivity index (χ0v) is 10.5. The molecule has 0 aromatic heterocycles. The summed E-state index contributed by atoms with van der Waals surface area (Å²) in [6, 6.07) is 0.203. The van der Waals surface area contributed by atoms with E-state index < -0.39 is 0 Å². The molecule has 1 rings (SSSR count). The van der Waals surface area contributed by atoms with Crippen LogP contribution in [0.4, 0.5) is 0 Å². The molecule has 1 aliphatic carbocycles. The van der Waals surface area contributed by atoms with E-state index in [-0.39, 0.29) is 11.5 Å². The van der Waals surface area contributed by atoms with Crippen LogP contribution in [0.15, 0.2) is 4.99 Å². The molecular weight excluding hydrogens is 186 g/mol. The van der Waals surface area contributed by atoms with Crippen molar-refractivity contribution in [3.8, 4) is 0 Å². The van der Waals surface area contributed by atoms with Crippen molar-refractivity contribution in [1.29, 1.82) is 0 Å². The topological polar surface area (TPSA) is 29.4 Å². The third-order valence-electron chi connectivity index (χ3n) is 4.25. The van der Waals surface area contributed by atoms with E-state index in [0.29, 0.717) is 5.41 Å². The Hall–Kier alpha value is -0.620. The number of hydrogen-bond acceptors (Lipinski definition) is 2. The van der Waals surface area contributed by atoms with Gasteiger partial charge in [0.25, 0.3) is 0 Å². The van der Waals surface area contributed by atoms with Gasteiger partial charge < -0.3 is 0 Å². The quantitative estimate of drug-likeness (QED) is 0.368. The summed E-state index contributed by atoms with van der Waals surface area (Å²) in [4.78, 5) is 14.3. The van der Waals surface area contributed by atoms with E-state index in [0.717, 1.165) is 12.8 Å². The van der Waals surface area contributed by atoms with Gasteiger partial charge in [0.05, 0.1) is 6.04 Å².